The molecule has 0 aromatic heterocycles. The molecular weight excluding hydrogens is 441 g/mol. The van der Waals surface area contributed by atoms with E-state index in [0.717, 1.165) is 51.4 Å². The van der Waals surface area contributed by atoms with Crippen LogP contribution in [0.4, 0.5) is 0 Å². The Bertz CT molecular complexity index is 581. The van der Waals surface area contributed by atoms with Gasteiger partial charge in [0.05, 0.1) is 10.4 Å². The van der Waals surface area contributed by atoms with Gasteiger partial charge in [-0.15, -0.1) is 0 Å². The summed E-state index contributed by atoms with van der Waals surface area (Å²) in [7, 11) is -2.63. The molecule has 184 valence electrons. The van der Waals surface area contributed by atoms with Gasteiger partial charge in [0.15, 0.2) is 0 Å². The van der Waals surface area contributed by atoms with E-state index in [4.69, 9.17) is 17.7 Å². The van der Waals surface area contributed by atoms with E-state index in [9.17, 15) is 0 Å². The van der Waals surface area contributed by atoms with Crippen LogP contribution >= 0.6 is 0 Å². The standard InChI is InChI=1S/C22H50N2O4Si3/c1-11-23(12-2)19-29(9,25-7)21(5,6)27-31-17-15-22(31,16-18-31)28-30(10,26-8)20-24(13-3)14-4/h11-20H2,1-10H3. The van der Waals surface area contributed by atoms with Gasteiger partial charge in [-0.05, 0) is 78.1 Å². The third-order valence-corrected chi connectivity index (χ3v) is 21.5. The minimum Gasteiger partial charge on any atom is -0.416 e. The Balaban J connectivity index is 2.19. The highest BCUT2D eigenvalue weighted by molar-refractivity contribution is 6.85. The van der Waals surface area contributed by atoms with Crippen LogP contribution in [0.1, 0.15) is 54.4 Å². The number of hydrogen-bond donors (Lipinski definition) is 0. The molecule has 6 nitrogen and oxygen atoms in total. The van der Waals surface area contributed by atoms with E-state index in [0.29, 0.717) is 0 Å². The molecule has 0 aromatic rings. The van der Waals surface area contributed by atoms with Crippen molar-refractivity contribution in [3.63, 3.8) is 0 Å². The average Bonchev–Trinajstić information content (AvgIpc) is 2.76. The van der Waals surface area contributed by atoms with Gasteiger partial charge in [-0.2, -0.15) is 0 Å². The fraction of sp³-hybridized carbons (Fsp3) is 1.00. The first-order valence-corrected chi connectivity index (χ1v) is 19.8. The van der Waals surface area contributed by atoms with Crippen LogP contribution in [0.15, 0.2) is 0 Å². The highest BCUT2D eigenvalue weighted by Crippen LogP contribution is 2.61. The predicted octanol–water partition coefficient (Wildman–Crippen LogP) is 4.07. The minimum absolute atomic E-state index is 0.0351. The van der Waals surface area contributed by atoms with Crippen LogP contribution in [-0.2, 0) is 17.7 Å². The summed E-state index contributed by atoms with van der Waals surface area (Å²) >= 11 is 0. The van der Waals surface area contributed by atoms with Crippen LogP contribution in [0.2, 0.25) is 25.2 Å². The fourth-order valence-corrected chi connectivity index (χ4v) is 17.4. The van der Waals surface area contributed by atoms with Gasteiger partial charge in [-0.1, -0.05) is 27.7 Å². The summed E-state index contributed by atoms with van der Waals surface area (Å²) in [5, 5.41) is -0.275. The van der Waals surface area contributed by atoms with Crippen molar-refractivity contribution in [2.75, 3.05) is 52.7 Å². The third kappa shape index (κ3) is 5.24. The summed E-state index contributed by atoms with van der Waals surface area (Å²) in [4.78, 5) is 4.93. The second-order valence-corrected chi connectivity index (χ2v) is 22.1. The largest absolute Gasteiger partial charge is 0.416 e. The van der Waals surface area contributed by atoms with Crippen molar-refractivity contribution in [1.82, 2.24) is 9.80 Å². The molecule has 0 radical (unpaired) electrons. The molecule has 2 aliphatic rings. The first-order chi connectivity index (χ1) is 14.4. The molecule has 0 bridgehead atoms. The summed E-state index contributed by atoms with van der Waals surface area (Å²) in [6.07, 6.45) is 4.22. The Morgan fingerprint density at radius 2 is 1.32 bits per heavy atom. The van der Waals surface area contributed by atoms with E-state index >= 15 is 0 Å². The second kappa shape index (κ2) is 10.4. The molecule has 0 amide bonds. The highest BCUT2D eigenvalue weighted by Gasteiger charge is 2.74. The van der Waals surface area contributed by atoms with Crippen molar-refractivity contribution in [3.8, 4) is 0 Å². The Kier molecular flexibility index (Phi) is 9.23. The summed E-state index contributed by atoms with van der Waals surface area (Å²) in [5.41, 5.74) is 0. The van der Waals surface area contributed by atoms with E-state index in [1.807, 2.05) is 14.2 Å². The molecule has 2 saturated heterocycles. The molecule has 0 saturated carbocycles. The Hall–Kier alpha value is 0.411. The lowest BCUT2D eigenvalue weighted by Gasteiger charge is -2.68. The van der Waals surface area contributed by atoms with Gasteiger partial charge in [0.25, 0.3) is 0 Å². The average molecular weight is 491 g/mol. The van der Waals surface area contributed by atoms with Crippen molar-refractivity contribution in [3.05, 3.63) is 0 Å². The fourth-order valence-electron chi connectivity index (χ4n) is 5.38. The van der Waals surface area contributed by atoms with Gasteiger partial charge >= 0.3 is 8.56 Å². The maximum absolute atomic E-state index is 7.23. The monoisotopic (exact) mass is 490 g/mol. The van der Waals surface area contributed by atoms with Crippen LogP contribution < -0.4 is 0 Å². The third-order valence-electron chi connectivity index (χ3n) is 8.54. The van der Waals surface area contributed by atoms with E-state index in [1.54, 1.807) is 0 Å². The lowest BCUT2D eigenvalue weighted by atomic mass is 10.1. The highest BCUT2D eigenvalue weighted by atomic mass is 28.4. The van der Waals surface area contributed by atoms with Crippen LogP contribution in [0.25, 0.3) is 0 Å². The second-order valence-electron chi connectivity index (χ2n) is 10.4. The van der Waals surface area contributed by atoms with Crippen molar-refractivity contribution in [2.24, 2.45) is 0 Å². The zero-order chi connectivity index (χ0) is 23.6. The van der Waals surface area contributed by atoms with Gasteiger partial charge in [-0.3, -0.25) is 0 Å². The molecule has 0 aliphatic carbocycles. The van der Waals surface area contributed by atoms with Gasteiger partial charge < -0.3 is 27.5 Å². The first-order valence-electron chi connectivity index (χ1n) is 12.4. The van der Waals surface area contributed by atoms with Crippen LogP contribution in [0.5, 0.6) is 0 Å². The first kappa shape index (κ1) is 27.7. The predicted molar refractivity (Wildman–Crippen MR) is 136 cm³/mol. The van der Waals surface area contributed by atoms with E-state index < -0.39 is 25.2 Å². The van der Waals surface area contributed by atoms with Gasteiger partial charge in [0.1, 0.15) is 0 Å². The molecule has 2 heterocycles. The lowest BCUT2D eigenvalue weighted by molar-refractivity contribution is -0.0208. The summed E-state index contributed by atoms with van der Waals surface area (Å²) in [5.74, 6) is 0. The zero-order valence-corrected chi connectivity index (χ0v) is 25.1. The number of hydrogen-bond acceptors (Lipinski definition) is 6. The molecular formula is C22H50N2O4Si3. The molecule has 0 N–H and O–H groups in total. The Labute approximate surface area is 195 Å². The van der Waals surface area contributed by atoms with E-state index in [-0.39, 0.29) is 10.4 Å². The molecule has 31 heavy (non-hydrogen) atoms. The summed E-state index contributed by atoms with van der Waals surface area (Å²) < 4.78 is 26.6. The summed E-state index contributed by atoms with van der Waals surface area (Å²) in [6, 6.07) is 2.44. The molecule has 0 spiro atoms. The Morgan fingerprint density at radius 3 is 1.68 bits per heavy atom. The maximum atomic E-state index is 7.23. The number of fused-ring (bicyclic) bond motifs is 1. The quantitative estimate of drug-likeness (QED) is 0.322. The molecule has 2 rings (SSSR count). The smallest absolute Gasteiger partial charge is 0.349 e. The van der Waals surface area contributed by atoms with Crippen molar-refractivity contribution >= 4 is 25.2 Å². The Morgan fingerprint density at radius 1 is 0.839 bits per heavy atom. The minimum atomic E-state index is -2.29. The van der Waals surface area contributed by atoms with Gasteiger partial charge in [0, 0.05) is 26.6 Å². The topological polar surface area (TPSA) is 43.4 Å². The van der Waals surface area contributed by atoms with Crippen LogP contribution in [-0.4, -0.2) is 98.2 Å². The molecule has 2 aliphatic heterocycles. The summed E-state index contributed by atoms with van der Waals surface area (Å²) in [6.45, 7) is 22.3. The van der Waals surface area contributed by atoms with Gasteiger partial charge in [-0.25, -0.2) is 0 Å². The number of rotatable bonds is 15. The van der Waals surface area contributed by atoms with Crippen LogP contribution in [0, 0.1) is 0 Å². The van der Waals surface area contributed by atoms with E-state index in [1.165, 1.54) is 12.1 Å². The number of nitrogens with zero attached hydrogens (tertiary/aromatic N) is 2. The maximum Gasteiger partial charge on any atom is 0.349 e. The molecule has 2 atom stereocenters. The van der Waals surface area contributed by atoms with Crippen molar-refractivity contribution < 1.29 is 17.7 Å². The lowest BCUT2D eigenvalue weighted by Crippen LogP contribution is -2.82. The molecule has 2 unspecified atom stereocenters. The molecule has 9 heteroatoms. The van der Waals surface area contributed by atoms with Crippen molar-refractivity contribution in [1.29, 1.82) is 0 Å². The molecule has 0 aromatic carbocycles. The van der Waals surface area contributed by atoms with E-state index in [2.05, 4.69) is 64.4 Å². The van der Waals surface area contributed by atoms with Crippen LogP contribution in [0.3, 0.4) is 0 Å². The SMILES string of the molecule is CCN(CC)C[Si](C)(OC)OC12CC[Si]1(OC(C)(C)[Si](C)(CN(CC)CC)OC)CC2. The van der Waals surface area contributed by atoms with Gasteiger partial charge in [0.2, 0.25) is 16.6 Å². The molecule has 2 fully saturated rings. The van der Waals surface area contributed by atoms with Crippen molar-refractivity contribution in [2.45, 2.75) is 90.0 Å². The zero-order valence-electron chi connectivity index (χ0n) is 22.1. The normalized spacial score (nSPS) is 29.8.